The van der Waals surface area contributed by atoms with Crippen molar-refractivity contribution in [2.75, 3.05) is 33.3 Å². The van der Waals surface area contributed by atoms with Gasteiger partial charge in [0, 0.05) is 26.2 Å². The second-order valence-electron chi connectivity index (χ2n) is 5.66. The number of phenols is 1. The largest absolute Gasteiger partial charge is 0.504 e. The Morgan fingerprint density at radius 2 is 2.30 bits per heavy atom. The standard InChI is InChI=1S/C16H25N3O3.ClH/c1-22-15-5-4-12(9-14(15)20)10-19-8-2-3-13(11-19)16(21)18-7-6-17;/h4-5,9,13,20H,2-3,6-8,10-11,17H2,1H3,(H,18,21);1H. The molecule has 0 aromatic heterocycles. The summed E-state index contributed by atoms with van der Waals surface area (Å²) < 4.78 is 5.05. The van der Waals surface area contributed by atoms with Gasteiger partial charge in [-0.15, -0.1) is 12.4 Å². The minimum absolute atomic E-state index is 0. The zero-order chi connectivity index (χ0) is 15.9. The number of piperidine rings is 1. The van der Waals surface area contributed by atoms with E-state index in [9.17, 15) is 9.90 Å². The number of rotatable bonds is 6. The molecule has 130 valence electrons. The van der Waals surface area contributed by atoms with Gasteiger partial charge in [0.1, 0.15) is 0 Å². The Labute approximate surface area is 143 Å². The van der Waals surface area contributed by atoms with Crippen molar-refractivity contribution in [3.63, 3.8) is 0 Å². The summed E-state index contributed by atoms with van der Waals surface area (Å²) in [5.41, 5.74) is 6.43. The molecule has 0 radical (unpaired) electrons. The number of hydrogen-bond donors (Lipinski definition) is 3. The lowest BCUT2D eigenvalue weighted by atomic mass is 9.96. The molecule has 1 aliphatic rings. The second-order valence-corrected chi connectivity index (χ2v) is 5.66. The molecular formula is C16H26ClN3O3. The fourth-order valence-corrected chi connectivity index (χ4v) is 2.84. The normalized spacial score (nSPS) is 18.1. The van der Waals surface area contributed by atoms with Crippen LogP contribution in [0.3, 0.4) is 0 Å². The van der Waals surface area contributed by atoms with E-state index in [1.807, 2.05) is 6.07 Å². The van der Waals surface area contributed by atoms with Gasteiger partial charge in [0.15, 0.2) is 11.5 Å². The molecule has 1 aliphatic heterocycles. The maximum atomic E-state index is 12.0. The van der Waals surface area contributed by atoms with Gasteiger partial charge in [-0.3, -0.25) is 9.69 Å². The third-order valence-electron chi connectivity index (χ3n) is 3.97. The van der Waals surface area contributed by atoms with Crippen molar-refractivity contribution in [1.82, 2.24) is 10.2 Å². The van der Waals surface area contributed by atoms with Crippen LogP contribution >= 0.6 is 12.4 Å². The van der Waals surface area contributed by atoms with Crippen LogP contribution < -0.4 is 15.8 Å². The molecule has 2 rings (SSSR count). The number of benzene rings is 1. The summed E-state index contributed by atoms with van der Waals surface area (Å²) >= 11 is 0. The summed E-state index contributed by atoms with van der Waals surface area (Å²) in [4.78, 5) is 14.3. The highest BCUT2D eigenvalue weighted by Gasteiger charge is 2.25. The maximum absolute atomic E-state index is 12.0. The fraction of sp³-hybridized carbons (Fsp3) is 0.562. The molecule has 1 aromatic carbocycles. The van der Waals surface area contributed by atoms with Crippen molar-refractivity contribution in [1.29, 1.82) is 0 Å². The highest BCUT2D eigenvalue weighted by atomic mass is 35.5. The van der Waals surface area contributed by atoms with Crippen molar-refractivity contribution in [3.05, 3.63) is 23.8 Å². The summed E-state index contributed by atoms with van der Waals surface area (Å²) in [6, 6.07) is 5.42. The van der Waals surface area contributed by atoms with Gasteiger partial charge >= 0.3 is 0 Å². The van der Waals surface area contributed by atoms with Crippen LogP contribution in [0, 0.1) is 5.92 Å². The average molecular weight is 344 g/mol. The molecule has 0 bridgehead atoms. The lowest BCUT2D eigenvalue weighted by Gasteiger charge is -2.32. The van der Waals surface area contributed by atoms with Crippen LogP contribution in [0.4, 0.5) is 0 Å². The van der Waals surface area contributed by atoms with Crippen LogP contribution in [0.1, 0.15) is 18.4 Å². The number of nitrogens with two attached hydrogens (primary N) is 1. The number of ether oxygens (including phenoxy) is 1. The molecule has 23 heavy (non-hydrogen) atoms. The molecular weight excluding hydrogens is 318 g/mol. The third-order valence-corrected chi connectivity index (χ3v) is 3.97. The van der Waals surface area contributed by atoms with Gasteiger partial charge in [-0.2, -0.15) is 0 Å². The summed E-state index contributed by atoms with van der Waals surface area (Å²) in [5, 5.41) is 12.7. The van der Waals surface area contributed by atoms with E-state index < -0.39 is 0 Å². The summed E-state index contributed by atoms with van der Waals surface area (Å²) in [6.45, 7) is 3.42. The number of nitrogens with one attached hydrogen (secondary N) is 1. The van der Waals surface area contributed by atoms with Gasteiger partial charge in [0.25, 0.3) is 0 Å². The molecule has 4 N–H and O–H groups in total. The SMILES string of the molecule is COc1ccc(CN2CCCC(C(=O)NCCN)C2)cc1O.Cl. The number of nitrogens with zero attached hydrogens (tertiary/aromatic N) is 1. The summed E-state index contributed by atoms with van der Waals surface area (Å²) in [7, 11) is 1.53. The van der Waals surface area contributed by atoms with Crippen LogP contribution in [0.2, 0.25) is 0 Å². The smallest absolute Gasteiger partial charge is 0.224 e. The van der Waals surface area contributed by atoms with Crippen molar-refractivity contribution in [2.24, 2.45) is 11.7 Å². The summed E-state index contributed by atoms with van der Waals surface area (Å²) in [6.07, 6.45) is 1.92. The Bertz CT molecular complexity index is 513. The number of hydrogen-bond acceptors (Lipinski definition) is 5. The van der Waals surface area contributed by atoms with Crippen LogP contribution in [0.5, 0.6) is 11.5 Å². The third kappa shape index (κ3) is 5.57. The molecule has 7 heteroatoms. The van der Waals surface area contributed by atoms with Crippen molar-refractivity contribution >= 4 is 18.3 Å². The first-order valence-electron chi connectivity index (χ1n) is 7.70. The van der Waals surface area contributed by atoms with E-state index in [0.717, 1.165) is 38.0 Å². The maximum Gasteiger partial charge on any atom is 0.224 e. The molecule has 1 heterocycles. The van der Waals surface area contributed by atoms with E-state index in [2.05, 4.69) is 10.2 Å². The number of methoxy groups -OCH3 is 1. The van der Waals surface area contributed by atoms with Gasteiger partial charge in [-0.25, -0.2) is 0 Å². The van der Waals surface area contributed by atoms with Gasteiger partial charge in [0.2, 0.25) is 5.91 Å². The van der Waals surface area contributed by atoms with E-state index in [4.69, 9.17) is 10.5 Å². The number of carbonyl (C=O) groups is 1. The molecule has 0 saturated carbocycles. The molecule has 1 aromatic rings. The highest BCUT2D eigenvalue weighted by Crippen LogP contribution is 2.27. The minimum Gasteiger partial charge on any atom is -0.504 e. The lowest BCUT2D eigenvalue weighted by molar-refractivity contribution is -0.126. The average Bonchev–Trinajstić information content (AvgIpc) is 2.53. The second kappa shape index (κ2) is 9.60. The van der Waals surface area contributed by atoms with Gasteiger partial charge < -0.3 is 20.9 Å². The van der Waals surface area contributed by atoms with Crippen molar-refractivity contribution in [3.8, 4) is 11.5 Å². The number of aromatic hydroxyl groups is 1. The van der Waals surface area contributed by atoms with E-state index in [1.165, 1.54) is 7.11 Å². The Balaban J connectivity index is 0.00000264. The van der Waals surface area contributed by atoms with E-state index >= 15 is 0 Å². The quantitative estimate of drug-likeness (QED) is 0.720. The topological polar surface area (TPSA) is 87.8 Å². The van der Waals surface area contributed by atoms with Gasteiger partial charge in [-0.05, 0) is 37.1 Å². The van der Waals surface area contributed by atoms with E-state index in [0.29, 0.717) is 18.8 Å². The zero-order valence-electron chi connectivity index (χ0n) is 13.5. The molecule has 1 amide bonds. The Hall–Kier alpha value is -1.50. The van der Waals surface area contributed by atoms with Crippen molar-refractivity contribution in [2.45, 2.75) is 19.4 Å². The molecule has 1 saturated heterocycles. The number of halogens is 1. The zero-order valence-corrected chi connectivity index (χ0v) is 14.3. The predicted molar refractivity (Wildman–Crippen MR) is 92.0 cm³/mol. The van der Waals surface area contributed by atoms with Crippen LogP contribution in [-0.2, 0) is 11.3 Å². The first kappa shape index (κ1) is 19.5. The molecule has 0 aliphatic carbocycles. The molecule has 0 spiro atoms. The summed E-state index contributed by atoms with van der Waals surface area (Å²) in [5.74, 6) is 0.732. The highest BCUT2D eigenvalue weighted by molar-refractivity contribution is 5.85. The Morgan fingerprint density at radius 3 is 2.96 bits per heavy atom. The van der Waals surface area contributed by atoms with E-state index in [-0.39, 0.29) is 30.0 Å². The fourth-order valence-electron chi connectivity index (χ4n) is 2.84. The first-order valence-corrected chi connectivity index (χ1v) is 7.70. The predicted octanol–water partition coefficient (Wildman–Crippen LogP) is 1.11. The number of likely N-dealkylation sites (tertiary alicyclic amines) is 1. The van der Waals surface area contributed by atoms with Crippen molar-refractivity contribution < 1.29 is 14.6 Å². The van der Waals surface area contributed by atoms with Gasteiger partial charge in [-0.1, -0.05) is 6.07 Å². The van der Waals surface area contributed by atoms with Crippen LogP contribution in [0.25, 0.3) is 0 Å². The molecule has 6 nitrogen and oxygen atoms in total. The number of phenolic OH excluding ortho intramolecular Hbond substituents is 1. The molecule has 1 unspecified atom stereocenters. The van der Waals surface area contributed by atoms with Crippen LogP contribution in [0.15, 0.2) is 18.2 Å². The molecule has 1 atom stereocenters. The molecule has 1 fully saturated rings. The number of amides is 1. The first-order chi connectivity index (χ1) is 10.6. The van der Waals surface area contributed by atoms with E-state index in [1.54, 1.807) is 12.1 Å². The Morgan fingerprint density at radius 1 is 1.52 bits per heavy atom. The van der Waals surface area contributed by atoms with Crippen LogP contribution in [-0.4, -0.2) is 49.2 Å². The van der Waals surface area contributed by atoms with Gasteiger partial charge in [0.05, 0.1) is 13.0 Å². The monoisotopic (exact) mass is 343 g/mol. The minimum atomic E-state index is 0. The number of carbonyl (C=O) groups excluding carboxylic acids is 1. The Kier molecular flexibility index (Phi) is 8.16. The lowest BCUT2D eigenvalue weighted by Crippen LogP contribution is -2.43.